The highest BCUT2D eigenvalue weighted by Gasteiger charge is 2.14. The number of hydrogen-bond acceptors (Lipinski definition) is 5. The van der Waals surface area contributed by atoms with Crippen molar-refractivity contribution >= 4 is 55.9 Å². The first-order valence-corrected chi connectivity index (χ1v) is 9.75. The molecule has 1 heterocycles. The number of para-hydroxylation sites is 1. The van der Waals surface area contributed by atoms with Gasteiger partial charge in [0.2, 0.25) is 0 Å². The minimum absolute atomic E-state index is 0. The number of nitrogens with zero attached hydrogens (tertiary/aromatic N) is 2. The van der Waals surface area contributed by atoms with Gasteiger partial charge in [-0.2, -0.15) is 5.10 Å². The monoisotopic (exact) mass is 530 g/mol. The number of halogens is 3. The van der Waals surface area contributed by atoms with Gasteiger partial charge in [-0.3, -0.25) is 5.84 Å². The van der Waals surface area contributed by atoms with E-state index < -0.39 is 5.97 Å². The van der Waals surface area contributed by atoms with Gasteiger partial charge in [0.25, 0.3) is 0 Å². The third-order valence-electron chi connectivity index (χ3n) is 3.45. The minimum atomic E-state index is -0.394. The molecule has 0 amide bonds. The van der Waals surface area contributed by atoms with Gasteiger partial charge in [-0.05, 0) is 66.2 Å². The molecule has 0 unspecified atom stereocenters. The van der Waals surface area contributed by atoms with Crippen molar-refractivity contribution in [2.75, 3.05) is 12.0 Å². The fourth-order valence-corrected chi connectivity index (χ4v) is 3.01. The molecule has 0 radical (unpaired) electrons. The molecular weight excluding hydrogens is 511 g/mol. The number of aryl methyl sites for hydroxylation is 1. The Morgan fingerprint density at radius 1 is 1.18 bits per heavy atom. The topological polar surface area (TPSA) is 82.2 Å². The van der Waals surface area contributed by atoms with Crippen LogP contribution in [0.5, 0.6) is 0 Å². The van der Waals surface area contributed by atoms with Crippen LogP contribution in [0.1, 0.15) is 23.1 Å². The van der Waals surface area contributed by atoms with E-state index in [9.17, 15) is 4.79 Å². The predicted molar refractivity (Wildman–Crippen MR) is 121 cm³/mol. The number of benzene rings is 2. The van der Waals surface area contributed by atoms with Gasteiger partial charge in [0, 0.05) is 14.6 Å². The van der Waals surface area contributed by atoms with Gasteiger partial charge in [-0.15, -0.1) is 12.4 Å². The second kappa shape index (κ2) is 11.9. The largest absolute Gasteiger partial charge is 0.461 e. The summed E-state index contributed by atoms with van der Waals surface area (Å²) in [5, 5.41) is 4.26. The number of hydrogen-bond donors (Lipinski definition) is 2. The number of carbonyl (C=O) groups is 1. The van der Waals surface area contributed by atoms with E-state index in [0.29, 0.717) is 12.3 Å². The van der Waals surface area contributed by atoms with Crippen LogP contribution >= 0.6 is 44.3 Å². The maximum absolute atomic E-state index is 11.6. The summed E-state index contributed by atoms with van der Waals surface area (Å²) in [6.07, 6.45) is 0. The van der Waals surface area contributed by atoms with Crippen molar-refractivity contribution in [3.8, 4) is 5.69 Å². The van der Waals surface area contributed by atoms with E-state index in [1.54, 1.807) is 17.7 Å². The molecular formula is C19H21Br2ClN4O2. The van der Waals surface area contributed by atoms with E-state index in [2.05, 4.69) is 42.4 Å². The smallest absolute Gasteiger partial charge is 0.358 e. The third kappa shape index (κ3) is 6.63. The maximum atomic E-state index is 11.6. The molecule has 6 nitrogen and oxygen atoms in total. The lowest BCUT2D eigenvalue weighted by molar-refractivity contribution is 0.0519. The molecule has 3 rings (SSSR count). The number of rotatable bonds is 4. The Morgan fingerprint density at radius 3 is 2.46 bits per heavy atom. The van der Waals surface area contributed by atoms with Gasteiger partial charge in [0.1, 0.15) is 0 Å². The van der Waals surface area contributed by atoms with Crippen LogP contribution in [-0.4, -0.2) is 22.4 Å². The van der Waals surface area contributed by atoms with Crippen LogP contribution in [-0.2, 0) is 4.74 Å². The SMILES string of the molecule is CCOC(=O)c1cc(C)n(-c2cccc(Br)c2)n1.Cl.NNc1ccccc1Br. The Bertz CT molecular complexity index is 918. The van der Waals surface area contributed by atoms with Gasteiger partial charge in [-0.1, -0.05) is 34.1 Å². The number of nitrogens with two attached hydrogens (primary N) is 1. The summed E-state index contributed by atoms with van der Waals surface area (Å²) in [7, 11) is 0. The zero-order valence-electron chi connectivity index (χ0n) is 15.4. The van der Waals surface area contributed by atoms with Crippen LogP contribution < -0.4 is 11.3 Å². The number of aromatic nitrogens is 2. The van der Waals surface area contributed by atoms with Gasteiger partial charge >= 0.3 is 5.97 Å². The average Bonchev–Trinajstić information content (AvgIpc) is 3.05. The van der Waals surface area contributed by atoms with Crippen molar-refractivity contribution in [3.63, 3.8) is 0 Å². The average molecular weight is 533 g/mol. The summed E-state index contributed by atoms with van der Waals surface area (Å²) in [5.74, 6) is 4.78. The standard InChI is InChI=1S/C13H13BrN2O2.C6H7BrN2.ClH/c1-3-18-13(17)12-7-9(2)16(15-12)11-6-4-5-10(14)8-11;7-5-3-1-2-4-6(5)9-8;/h4-8H,3H2,1-2H3;1-4,9H,8H2;1H. The van der Waals surface area contributed by atoms with E-state index >= 15 is 0 Å². The van der Waals surface area contributed by atoms with E-state index in [0.717, 1.165) is 26.0 Å². The summed E-state index contributed by atoms with van der Waals surface area (Å²) >= 11 is 6.73. The highest BCUT2D eigenvalue weighted by atomic mass is 79.9. The minimum Gasteiger partial charge on any atom is -0.461 e. The summed E-state index contributed by atoms with van der Waals surface area (Å²) in [4.78, 5) is 11.6. The molecule has 0 saturated heterocycles. The van der Waals surface area contributed by atoms with Gasteiger partial charge in [-0.25, -0.2) is 9.48 Å². The Labute approximate surface area is 187 Å². The molecule has 2 aromatic carbocycles. The zero-order valence-corrected chi connectivity index (χ0v) is 19.3. The third-order valence-corrected chi connectivity index (χ3v) is 4.64. The van der Waals surface area contributed by atoms with Crippen molar-refractivity contribution in [2.24, 2.45) is 5.84 Å². The molecule has 1 aromatic heterocycles. The van der Waals surface area contributed by atoms with Crippen LogP contribution in [0.3, 0.4) is 0 Å². The summed E-state index contributed by atoms with van der Waals surface area (Å²) in [5.41, 5.74) is 5.56. The molecule has 0 atom stereocenters. The first-order valence-electron chi connectivity index (χ1n) is 8.17. The molecule has 150 valence electrons. The number of esters is 1. The maximum Gasteiger partial charge on any atom is 0.358 e. The molecule has 28 heavy (non-hydrogen) atoms. The second-order valence-electron chi connectivity index (χ2n) is 5.41. The quantitative estimate of drug-likeness (QED) is 0.272. The molecule has 9 heteroatoms. The van der Waals surface area contributed by atoms with Crippen molar-refractivity contribution in [3.05, 3.63) is 74.9 Å². The summed E-state index contributed by atoms with van der Waals surface area (Å²) in [6, 6.07) is 17.1. The Morgan fingerprint density at radius 2 is 1.89 bits per heavy atom. The lowest BCUT2D eigenvalue weighted by Gasteiger charge is -2.04. The number of hydrazine groups is 1. The molecule has 3 aromatic rings. The molecule has 0 saturated carbocycles. The first-order chi connectivity index (χ1) is 13.0. The highest BCUT2D eigenvalue weighted by Crippen LogP contribution is 2.19. The molecule has 0 bridgehead atoms. The van der Waals surface area contributed by atoms with Gasteiger partial charge < -0.3 is 10.2 Å². The van der Waals surface area contributed by atoms with Crippen molar-refractivity contribution < 1.29 is 9.53 Å². The van der Waals surface area contributed by atoms with Gasteiger partial charge in [0.05, 0.1) is 18.0 Å². The summed E-state index contributed by atoms with van der Waals surface area (Å²) in [6.45, 7) is 4.02. The highest BCUT2D eigenvalue weighted by molar-refractivity contribution is 9.10. The van der Waals surface area contributed by atoms with E-state index in [1.165, 1.54) is 0 Å². The number of nitrogen functional groups attached to an aromatic ring is 1. The van der Waals surface area contributed by atoms with Crippen molar-refractivity contribution in [1.82, 2.24) is 9.78 Å². The lowest BCUT2D eigenvalue weighted by atomic mass is 10.3. The van der Waals surface area contributed by atoms with Crippen molar-refractivity contribution in [2.45, 2.75) is 13.8 Å². The lowest BCUT2D eigenvalue weighted by Crippen LogP contribution is -2.06. The normalized spacial score (nSPS) is 9.61. The van der Waals surface area contributed by atoms with Crippen LogP contribution in [0.25, 0.3) is 5.69 Å². The Kier molecular flexibility index (Phi) is 10.2. The number of carbonyl (C=O) groups excluding carboxylic acids is 1. The van der Waals surface area contributed by atoms with E-state index in [-0.39, 0.29) is 12.4 Å². The van der Waals surface area contributed by atoms with E-state index in [4.69, 9.17) is 10.6 Å². The molecule has 0 spiro atoms. The van der Waals surface area contributed by atoms with Gasteiger partial charge in [0.15, 0.2) is 5.69 Å². The van der Waals surface area contributed by atoms with Crippen LogP contribution in [0.4, 0.5) is 5.69 Å². The number of nitrogens with one attached hydrogen (secondary N) is 1. The molecule has 0 aliphatic rings. The molecule has 0 fully saturated rings. The number of anilines is 1. The predicted octanol–water partition coefficient (Wildman–Crippen LogP) is 5.28. The fourth-order valence-electron chi connectivity index (χ4n) is 2.23. The van der Waals surface area contributed by atoms with Crippen molar-refractivity contribution in [1.29, 1.82) is 0 Å². The Balaban J connectivity index is 0.000000332. The molecule has 0 aliphatic heterocycles. The molecule has 3 N–H and O–H groups in total. The van der Waals surface area contributed by atoms with Crippen LogP contribution in [0.2, 0.25) is 0 Å². The molecule has 0 aliphatic carbocycles. The first kappa shape index (κ1) is 24.2. The van der Waals surface area contributed by atoms with Crippen LogP contribution in [0, 0.1) is 6.92 Å². The second-order valence-corrected chi connectivity index (χ2v) is 7.18. The zero-order chi connectivity index (χ0) is 19.8. The van der Waals surface area contributed by atoms with E-state index in [1.807, 2.05) is 55.5 Å². The Hall–Kier alpha value is -1.87. The summed E-state index contributed by atoms with van der Waals surface area (Å²) < 4.78 is 8.60. The van der Waals surface area contributed by atoms with Crippen LogP contribution in [0.15, 0.2) is 63.5 Å². The number of ether oxygens (including phenoxy) is 1. The fraction of sp³-hybridized carbons (Fsp3) is 0.158.